The van der Waals surface area contributed by atoms with E-state index < -0.39 is 6.04 Å². The van der Waals surface area contributed by atoms with Crippen LogP contribution in [0.15, 0.2) is 53.9 Å². The third-order valence-corrected chi connectivity index (χ3v) is 5.46. The van der Waals surface area contributed by atoms with Gasteiger partial charge in [0.05, 0.1) is 0 Å². The largest absolute Gasteiger partial charge is 0.451 e. The van der Waals surface area contributed by atoms with Crippen LogP contribution in [0.25, 0.3) is 0 Å². The van der Waals surface area contributed by atoms with E-state index in [1.165, 1.54) is 0 Å². The van der Waals surface area contributed by atoms with E-state index in [1.54, 1.807) is 41.4 Å². The lowest BCUT2D eigenvalue weighted by molar-refractivity contribution is -0.135. The highest BCUT2D eigenvalue weighted by atomic mass is 35.5. The van der Waals surface area contributed by atoms with Crippen LogP contribution >= 0.6 is 11.6 Å². The summed E-state index contributed by atoms with van der Waals surface area (Å²) in [4.78, 5) is 31.9. The molecule has 2 amide bonds. The molecule has 4 rings (SSSR count). The molecule has 0 spiro atoms. The van der Waals surface area contributed by atoms with Gasteiger partial charge in [-0.25, -0.2) is 4.98 Å². The standard InChI is InChI=1S/C22H22ClN3O3/c1-13(2)10-17(21(27)25-19-8-3-4-9-24-19)26-12-14-11-15-16(23)6-5-7-18(15)29-20(14)22(26)28/h3-9,13,17H,10-12H2,1-2H3,(H,24,25,27)/t17-/m0/s1. The molecule has 6 nitrogen and oxygen atoms in total. The molecule has 0 saturated carbocycles. The fraction of sp³-hybridized carbons (Fsp3) is 0.318. The number of halogens is 1. The number of amides is 2. The van der Waals surface area contributed by atoms with Gasteiger partial charge in [0.2, 0.25) is 5.91 Å². The fourth-order valence-electron chi connectivity index (χ4n) is 3.73. The number of benzene rings is 1. The van der Waals surface area contributed by atoms with Gasteiger partial charge >= 0.3 is 0 Å². The highest BCUT2D eigenvalue weighted by molar-refractivity contribution is 6.31. The number of rotatable bonds is 5. The number of nitrogens with one attached hydrogen (secondary N) is 1. The Kier molecular flexibility index (Phi) is 5.28. The number of fused-ring (bicyclic) bond motifs is 1. The van der Waals surface area contributed by atoms with E-state index >= 15 is 0 Å². The van der Waals surface area contributed by atoms with E-state index in [0.717, 1.165) is 11.1 Å². The lowest BCUT2D eigenvalue weighted by atomic mass is 10.0. The van der Waals surface area contributed by atoms with Crippen molar-refractivity contribution in [1.29, 1.82) is 0 Å². The normalized spacial score (nSPS) is 16.4. The minimum Gasteiger partial charge on any atom is -0.451 e. The zero-order chi connectivity index (χ0) is 20.5. The predicted octanol–water partition coefficient (Wildman–Crippen LogP) is 3.82. The molecule has 1 N–H and O–H groups in total. The van der Waals surface area contributed by atoms with Crippen molar-refractivity contribution < 1.29 is 14.3 Å². The van der Waals surface area contributed by atoms with Gasteiger partial charge in [-0.3, -0.25) is 9.59 Å². The number of carbonyl (C=O) groups is 2. The van der Waals surface area contributed by atoms with Gasteiger partial charge in [-0.15, -0.1) is 0 Å². The highest BCUT2D eigenvalue weighted by Gasteiger charge is 2.41. The Hall–Kier alpha value is -2.86. The molecule has 2 aliphatic rings. The zero-order valence-corrected chi connectivity index (χ0v) is 17.1. The molecule has 0 radical (unpaired) electrons. The Morgan fingerprint density at radius 3 is 2.83 bits per heavy atom. The average Bonchev–Trinajstić information content (AvgIpc) is 3.01. The number of anilines is 1. The van der Waals surface area contributed by atoms with E-state index in [9.17, 15) is 9.59 Å². The van der Waals surface area contributed by atoms with E-state index in [0.29, 0.717) is 41.7 Å². The summed E-state index contributed by atoms with van der Waals surface area (Å²) in [6.45, 7) is 4.41. The Morgan fingerprint density at radius 2 is 2.10 bits per heavy atom. The topological polar surface area (TPSA) is 71.5 Å². The average molecular weight is 412 g/mol. The second-order valence-electron chi connectivity index (χ2n) is 7.71. The van der Waals surface area contributed by atoms with Gasteiger partial charge in [-0.1, -0.05) is 37.6 Å². The molecule has 29 heavy (non-hydrogen) atoms. The number of ether oxygens (including phenoxy) is 1. The lowest BCUT2D eigenvalue weighted by Gasteiger charge is -2.28. The highest BCUT2D eigenvalue weighted by Crippen LogP contribution is 2.38. The molecule has 0 unspecified atom stereocenters. The second-order valence-corrected chi connectivity index (χ2v) is 8.12. The van der Waals surface area contributed by atoms with Gasteiger partial charge in [0.1, 0.15) is 17.6 Å². The molecule has 2 aliphatic heterocycles. The monoisotopic (exact) mass is 411 g/mol. The van der Waals surface area contributed by atoms with Gasteiger partial charge in [0, 0.05) is 35.3 Å². The lowest BCUT2D eigenvalue weighted by Crippen LogP contribution is -2.46. The Balaban J connectivity index is 1.57. The molecule has 0 aliphatic carbocycles. The second kappa shape index (κ2) is 7.87. The number of hydrogen-bond acceptors (Lipinski definition) is 4. The number of pyridine rings is 1. The molecular formula is C22H22ClN3O3. The summed E-state index contributed by atoms with van der Waals surface area (Å²) in [7, 11) is 0. The van der Waals surface area contributed by atoms with Crippen molar-refractivity contribution in [2.24, 2.45) is 5.92 Å². The van der Waals surface area contributed by atoms with Gasteiger partial charge in [-0.05, 0) is 36.6 Å². The summed E-state index contributed by atoms with van der Waals surface area (Å²) >= 11 is 6.31. The van der Waals surface area contributed by atoms with Crippen LogP contribution in [0.2, 0.25) is 5.02 Å². The third-order valence-electron chi connectivity index (χ3n) is 5.11. The first-order valence-corrected chi connectivity index (χ1v) is 10.0. The summed E-state index contributed by atoms with van der Waals surface area (Å²) in [6.07, 6.45) is 2.70. The van der Waals surface area contributed by atoms with Crippen molar-refractivity contribution >= 4 is 29.2 Å². The van der Waals surface area contributed by atoms with Crippen molar-refractivity contribution in [3.05, 3.63) is 64.5 Å². The Labute approximate surface area is 174 Å². The summed E-state index contributed by atoms with van der Waals surface area (Å²) in [5.74, 6) is 1.11. The molecule has 3 heterocycles. The van der Waals surface area contributed by atoms with Crippen LogP contribution in [0.4, 0.5) is 5.82 Å². The zero-order valence-electron chi connectivity index (χ0n) is 16.3. The number of nitrogens with zero attached hydrogens (tertiary/aromatic N) is 2. The molecular weight excluding hydrogens is 390 g/mol. The molecule has 1 aromatic heterocycles. The smallest absolute Gasteiger partial charge is 0.290 e. The van der Waals surface area contributed by atoms with Crippen molar-refractivity contribution in [2.45, 2.75) is 32.7 Å². The molecule has 1 atom stereocenters. The van der Waals surface area contributed by atoms with Crippen LogP contribution in [-0.4, -0.2) is 34.3 Å². The van der Waals surface area contributed by atoms with Crippen molar-refractivity contribution in [2.75, 3.05) is 11.9 Å². The molecule has 0 bridgehead atoms. The number of aromatic nitrogens is 1. The third kappa shape index (κ3) is 3.85. The predicted molar refractivity (Wildman–Crippen MR) is 111 cm³/mol. The molecule has 1 aromatic carbocycles. The maximum Gasteiger partial charge on any atom is 0.290 e. The van der Waals surface area contributed by atoms with Crippen LogP contribution in [0, 0.1) is 5.92 Å². The molecule has 2 aromatic rings. The fourth-order valence-corrected chi connectivity index (χ4v) is 3.97. The van der Waals surface area contributed by atoms with Gasteiger partial charge < -0.3 is 15.0 Å². The Bertz CT molecular complexity index is 988. The summed E-state index contributed by atoms with van der Waals surface area (Å²) in [6, 6.07) is 10.1. The van der Waals surface area contributed by atoms with Crippen LogP contribution in [-0.2, 0) is 16.0 Å². The number of hydrogen-bond donors (Lipinski definition) is 1. The summed E-state index contributed by atoms with van der Waals surface area (Å²) in [5.41, 5.74) is 1.73. The van der Waals surface area contributed by atoms with Crippen LogP contribution in [0.3, 0.4) is 0 Å². The van der Waals surface area contributed by atoms with E-state index in [1.807, 2.05) is 19.9 Å². The van der Waals surface area contributed by atoms with Gasteiger partial charge in [-0.2, -0.15) is 0 Å². The SMILES string of the molecule is CC(C)C[C@@H](C(=O)Nc1ccccn1)N1CC2=C(Oc3cccc(Cl)c3C2)C1=O. The van der Waals surface area contributed by atoms with Crippen molar-refractivity contribution in [3.8, 4) is 5.75 Å². The minimum absolute atomic E-state index is 0.229. The molecule has 150 valence electrons. The van der Waals surface area contributed by atoms with Gasteiger partial charge in [0.15, 0.2) is 5.76 Å². The summed E-state index contributed by atoms with van der Waals surface area (Å²) in [5, 5.41) is 3.45. The first-order valence-electron chi connectivity index (χ1n) is 9.64. The van der Waals surface area contributed by atoms with E-state index in [-0.39, 0.29) is 17.7 Å². The van der Waals surface area contributed by atoms with E-state index in [2.05, 4.69) is 10.3 Å². The van der Waals surface area contributed by atoms with Crippen LogP contribution in [0.1, 0.15) is 25.8 Å². The first kappa shape index (κ1) is 19.5. The maximum absolute atomic E-state index is 13.1. The van der Waals surface area contributed by atoms with Gasteiger partial charge in [0.25, 0.3) is 5.91 Å². The maximum atomic E-state index is 13.1. The number of carbonyl (C=O) groups excluding carboxylic acids is 2. The van der Waals surface area contributed by atoms with E-state index in [4.69, 9.17) is 16.3 Å². The summed E-state index contributed by atoms with van der Waals surface area (Å²) < 4.78 is 5.89. The Morgan fingerprint density at radius 1 is 1.28 bits per heavy atom. The molecule has 7 heteroatoms. The molecule has 0 saturated heterocycles. The van der Waals surface area contributed by atoms with Crippen molar-refractivity contribution in [1.82, 2.24) is 9.88 Å². The minimum atomic E-state index is -0.614. The van der Waals surface area contributed by atoms with Crippen LogP contribution in [0.5, 0.6) is 5.75 Å². The van der Waals surface area contributed by atoms with Crippen LogP contribution < -0.4 is 10.1 Å². The molecule has 0 fully saturated rings. The first-order chi connectivity index (χ1) is 13.9. The van der Waals surface area contributed by atoms with Crippen molar-refractivity contribution in [3.63, 3.8) is 0 Å². The quantitative estimate of drug-likeness (QED) is 0.811.